The number of ether oxygens (including phenoxy) is 3. The second-order valence-corrected chi connectivity index (χ2v) is 7.66. The number of nitrogens with zero attached hydrogens (tertiary/aromatic N) is 1. The van der Waals surface area contributed by atoms with E-state index in [1.807, 2.05) is 47.8 Å². The third kappa shape index (κ3) is 6.16. The van der Waals surface area contributed by atoms with Crippen molar-refractivity contribution >= 4 is 39.7 Å². The van der Waals surface area contributed by atoms with Gasteiger partial charge in [-0.15, -0.1) is 11.3 Å². The number of amides is 1. The third-order valence-corrected chi connectivity index (χ3v) is 5.32. The van der Waals surface area contributed by atoms with Gasteiger partial charge in [0.1, 0.15) is 5.75 Å². The summed E-state index contributed by atoms with van der Waals surface area (Å²) in [6.07, 6.45) is 0.950. The lowest BCUT2D eigenvalue weighted by Crippen LogP contribution is -2.37. The van der Waals surface area contributed by atoms with Gasteiger partial charge in [0.2, 0.25) is 0 Å². The number of anilines is 1. The molecule has 0 aliphatic carbocycles. The molecular weight excluding hydrogens is 434 g/mol. The van der Waals surface area contributed by atoms with E-state index in [0.29, 0.717) is 22.4 Å². The number of aromatic nitrogens is 1. The summed E-state index contributed by atoms with van der Waals surface area (Å²) in [4.78, 5) is 16.6. The average Bonchev–Trinajstić information content (AvgIpc) is 3.25. The summed E-state index contributed by atoms with van der Waals surface area (Å²) >= 11 is 6.58. The number of carbonyl (C=O) groups excluding carboxylic acids is 1. The minimum Gasteiger partial charge on any atom is -0.493 e. The van der Waals surface area contributed by atoms with Crippen molar-refractivity contribution in [1.29, 1.82) is 0 Å². The topological polar surface area (TPSA) is 81.7 Å². The van der Waals surface area contributed by atoms with Gasteiger partial charge >= 0.3 is 0 Å². The molecule has 2 N–H and O–H groups in total. The standard InChI is InChI=1S/C22H23N3O4S2/c1-4-14-5-8-16(9-6-14)29-12-20(26)24-21(30)25-22-23-17(13-31-22)15-7-10-18(27-2)19(11-15)28-3/h5-11,13H,4,12H2,1-3H3,(H2,23,24,25,26,30). The normalized spacial score (nSPS) is 10.3. The van der Waals surface area contributed by atoms with Crippen LogP contribution in [0.4, 0.5) is 5.13 Å². The largest absolute Gasteiger partial charge is 0.493 e. The molecule has 1 aromatic heterocycles. The fraction of sp³-hybridized carbons (Fsp3) is 0.227. The first kappa shape index (κ1) is 22.5. The first-order valence-corrected chi connectivity index (χ1v) is 10.8. The Morgan fingerprint density at radius 1 is 1.10 bits per heavy atom. The molecule has 31 heavy (non-hydrogen) atoms. The Morgan fingerprint density at radius 2 is 1.84 bits per heavy atom. The van der Waals surface area contributed by atoms with Gasteiger partial charge in [0.25, 0.3) is 5.91 Å². The van der Waals surface area contributed by atoms with Crippen molar-refractivity contribution in [3.63, 3.8) is 0 Å². The van der Waals surface area contributed by atoms with Crippen LogP contribution in [0, 0.1) is 0 Å². The first-order valence-electron chi connectivity index (χ1n) is 9.53. The molecule has 0 aliphatic rings. The quantitative estimate of drug-likeness (QED) is 0.489. The molecule has 0 unspecified atom stereocenters. The number of thiazole rings is 1. The second kappa shape index (κ2) is 10.7. The van der Waals surface area contributed by atoms with Crippen LogP contribution in [0.25, 0.3) is 11.3 Å². The van der Waals surface area contributed by atoms with Crippen molar-refractivity contribution in [2.24, 2.45) is 0 Å². The molecule has 0 saturated heterocycles. The summed E-state index contributed by atoms with van der Waals surface area (Å²) in [5.74, 6) is 1.54. The Labute approximate surface area is 190 Å². The Kier molecular flexibility index (Phi) is 7.80. The highest BCUT2D eigenvalue weighted by molar-refractivity contribution is 7.80. The molecule has 0 radical (unpaired) electrons. The number of hydrogen-bond donors (Lipinski definition) is 2. The molecule has 0 bridgehead atoms. The van der Waals surface area contributed by atoms with Crippen LogP contribution in [0.1, 0.15) is 12.5 Å². The molecule has 3 aromatic rings. The van der Waals surface area contributed by atoms with Gasteiger partial charge in [-0.3, -0.25) is 10.1 Å². The van der Waals surface area contributed by atoms with Crippen molar-refractivity contribution in [2.45, 2.75) is 13.3 Å². The van der Waals surface area contributed by atoms with Gasteiger partial charge in [0.05, 0.1) is 19.9 Å². The van der Waals surface area contributed by atoms with Crippen LogP contribution in [-0.2, 0) is 11.2 Å². The highest BCUT2D eigenvalue weighted by Gasteiger charge is 2.11. The minimum atomic E-state index is -0.353. The molecule has 2 aromatic carbocycles. The van der Waals surface area contributed by atoms with E-state index < -0.39 is 0 Å². The molecule has 1 heterocycles. The van der Waals surface area contributed by atoms with E-state index in [0.717, 1.165) is 17.7 Å². The summed E-state index contributed by atoms with van der Waals surface area (Å²) < 4.78 is 16.1. The van der Waals surface area contributed by atoms with Gasteiger partial charge in [-0.1, -0.05) is 19.1 Å². The van der Waals surface area contributed by atoms with Crippen molar-refractivity contribution in [1.82, 2.24) is 10.3 Å². The van der Waals surface area contributed by atoms with E-state index >= 15 is 0 Å². The Hall–Kier alpha value is -3.17. The van der Waals surface area contributed by atoms with Crippen LogP contribution in [0.15, 0.2) is 47.8 Å². The fourth-order valence-electron chi connectivity index (χ4n) is 2.72. The summed E-state index contributed by atoms with van der Waals surface area (Å²) in [7, 11) is 3.17. The number of aryl methyl sites for hydroxylation is 1. The molecule has 1 amide bonds. The predicted octanol–water partition coefficient (Wildman–Crippen LogP) is 4.28. The van der Waals surface area contributed by atoms with E-state index in [-0.39, 0.29) is 17.6 Å². The molecule has 0 fully saturated rings. The van der Waals surface area contributed by atoms with Crippen molar-refractivity contribution < 1.29 is 19.0 Å². The maximum Gasteiger partial charge on any atom is 0.264 e. The smallest absolute Gasteiger partial charge is 0.264 e. The van der Waals surface area contributed by atoms with E-state index in [1.54, 1.807) is 14.2 Å². The van der Waals surface area contributed by atoms with Crippen LogP contribution in [0.3, 0.4) is 0 Å². The van der Waals surface area contributed by atoms with Crippen LogP contribution in [0.2, 0.25) is 0 Å². The predicted molar refractivity (Wildman–Crippen MR) is 126 cm³/mol. The van der Waals surface area contributed by atoms with Gasteiger partial charge < -0.3 is 19.5 Å². The molecule has 0 aliphatic heterocycles. The van der Waals surface area contributed by atoms with Gasteiger partial charge in [0.15, 0.2) is 28.3 Å². The monoisotopic (exact) mass is 457 g/mol. The average molecular weight is 458 g/mol. The molecule has 0 saturated carbocycles. The fourth-order valence-corrected chi connectivity index (χ4v) is 3.72. The lowest BCUT2D eigenvalue weighted by Gasteiger charge is -2.09. The zero-order valence-electron chi connectivity index (χ0n) is 17.4. The van der Waals surface area contributed by atoms with Gasteiger partial charge in [-0.25, -0.2) is 4.98 Å². The number of thiocarbonyl (C=S) groups is 1. The Morgan fingerprint density at radius 3 is 2.52 bits per heavy atom. The van der Waals surface area contributed by atoms with Crippen LogP contribution in [0.5, 0.6) is 17.2 Å². The minimum absolute atomic E-state index is 0.137. The second-order valence-electron chi connectivity index (χ2n) is 6.40. The third-order valence-electron chi connectivity index (χ3n) is 4.36. The number of carbonyl (C=O) groups is 1. The molecule has 162 valence electrons. The van der Waals surface area contributed by atoms with Crippen LogP contribution in [-0.4, -0.2) is 36.8 Å². The molecule has 0 atom stereocenters. The number of nitrogens with one attached hydrogen (secondary N) is 2. The summed E-state index contributed by atoms with van der Waals surface area (Å²) in [5, 5.41) is 8.12. The molecule has 3 rings (SSSR count). The molecule has 7 nitrogen and oxygen atoms in total. The first-order chi connectivity index (χ1) is 15.0. The number of rotatable bonds is 8. The Bertz CT molecular complexity index is 1050. The molecule has 0 spiro atoms. The van der Waals surface area contributed by atoms with E-state index in [2.05, 4.69) is 22.5 Å². The van der Waals surface area contributed by atoms with Gasteiger partial charge in [-0.05, 0) is 54.5 Å². The summed E-state index contributed by atoms with van der Waals surface area (Å²) in [5.41, 5.74) is 2.83. The molecule has 9 heteroatoms. The summed E-state index contributed by atoms with van der Waals surface area (Å²) in [6.45, 7) is 1.94. The lowest BCUT2D eigenvalue weighted by molar-refractivity contribution is -0.121. The highest BCUT2D eigenvalue weighted by Crippen LogP contribution is 2.33. The van der Waals surface area contributed by atoms with Crippen molar-refractivity contribution in [3.05, 3.63) is 53.4 Å². The van der Waals surface area contributed by atoms with Crippen LogP contribution >= 0.6 is 23.6 Å². The summed E-state index contributed by atoms with van der Waals surface area (Å²) in [6, 6.07) is 13.2. The van der Waals surface area contributed by atoms with Gasteiger partial charge in [0, 0.05) is 10.9 Å². The van der Waals surface area contributed by atoms with E-state index in [1.165, 1.54) is 16.9 Å². The Balaban J connectivity index is 1.52. The zero-order chi connectivity index (χ0) is 22.2. The zero-order valence-corrected chi connectivity index (χ0v) is 19.1. The van der Waals surface area contributed by atoms with Crippen molar-refractivity contribution in [3.8, 4) is 28.5 Å². The van der Waals surface area contributed by atoms with Crippen molar-refractivity contribution in [2.75, 3.05) is 26.1 Å². The molecular formula is C22H23N3O4S2. The van der Waals surface area contributed by atoms with Crippen LogP contribution < -0.4 is 24.8 Å². The maximum absolute atomic E-state index is 12.1. The number of benzene rings is 2. The highest BCUT2D eigenvalue weighted by atomic mass is 32.1. The van der Waals surface area contributed by atoms with E-state index in [4.69, 9.17) is 26.4 Å². The maximum atomic E-state index is 12.1. The van der Waals surface area contributed by atoms with E-state index in [9.17, 15) is 4.79 Å². The number of methoxy groups -OCH3 is 2. The number of hydrogen-bond acceptors (Lipinski definition) is 7. The van der Waals surface area contributed by atoms with Gasteiger partial charge in [-0.2, -0.15) is 0 Å². The SMILES string of the molecule is CCc1ccc(OCC(=O)NC(=S)Nc2nc(-c3ccc(OC)c(OC)c3)cs2)cc1. The lowest BCUT2D eigenvalue weighted by atomic mass is 10.1.